The van der Waals surface area contributed by atoms with E-state index in [0.29, 0.717) is 12.4 Å². The maximum Gasteiger partial charge on any atom is 0.244 e. The van der Waals surface area contributed by atoms with Crippen LogP contribution in [0.5, 0.6) is 23.0 Å². The number of rotatable bonds is 13. The van der Waals surface area contributed by atoms with E-state index < -0.39 is 5.25 Å². The number of carbonyl (C=O) groups is 1. The third-order valence-electron chi connectivity index (χ3n) is 7.20. The summed E-state index contributed by atoms with van der Waals surface area (Å²) in [5, 5.41) is -0.396. The molecule has 1 aliphatic heterocycles. The molecule has 0 saturated heterocycles. The Labute approximate surface area is 242 Å². The van der Waals surface area contributed by atoms with E-state index in [9.17, 15) is 4.79 Å². The Bertz CT molecular complexity index is 1310. The Balaban J connectivity index is 1.32. The van der Waals surface area contributed by atoms with Crippen LogP contribution in [0.2, 0.25) is 0 Å². The van der Waals surface area contributed by atoms with Gasteiger partial charge in [-0.05, 0) is 93.4 Å². The summed E-state index contributed by atoms with van der Waals surface area (Å²) in [6, 6.07) is 18.0. The highest BCUT2D eigenvalue weighted by atomic mass is 32.2. The zero-order valence-corrected chi connectivity index (χ0v) is 25.2. The lowest BCUT2D eigenvalue weighted by Crippen LogP contribution is -2.34. The average molecular weight is 565 g/mol. The van der Waals surface area contributed by atoms with Crippen LogP contribution >= 0.6 is 11.8 Å². The minimum absolute atomic E-state index is 0.0376. The molecule has 1 aliphatic rings. The summed E-state index contributed by atoms with van der Waals surface area (Å²) in [5.74, 6) is 2.99. The lowest BCUT2D eigenvalue weighted by molar-refractivity contribution is -0.118. The normalized spacial score (nSPS) is 14.7. The molecule has 0 saturated carbocycles. The zero-order valence-electron chi connectivity index (χ0n) is 24.4. The Morgan fingerprint density at radius 2 is 1.65 bits per heavy atom. The molecule has 3 aromatic rings. The Hall–Kier alpha value is -3.36. The molecule has 0 bridgehead atoms. The number of unbranched alkanes of at least 4 members (excludes halogenated alkanes) is 1. The van der Waals surface area contributed by atoms with E-state index in [1.807, 2.05) is 49.5 Å². The van der Waals surface area contributed by atoms with Crippen LogP contribution in [-0.2, 0) is 11.2 Å². The van der Waals surface area contributed by atoms with E-state index in [1.165, 1.54) is 11.1 Å². The molecule has 1 unspecified atom stereocenters. The third kappa shape index (κ3) is 7.04. The summed E-state index contributed by atoms with van der Waals surface area (Å²) in [4.78, 5) is 18.6. The van der Waals surface area contributed by atoms with Crippen molar-refractivity contribution < 1.29 is 23.7 Å². The van der Waals surface area contributed by atoms with Gasteiger partial charge in [0.2, 0.25) is 5.91 Å². The van der Waals surface area contributed by atoms with E-state index in [2.05, 4.69) is 31.0 Å². The maximum atomic E-state index is 13.4. The van der Waals surface area contributed by atoms with E-state index in [4.69, 9.17) is 18.9 Å². The van der Waals surface area contributed by atoms with Crippen molar-refractivity contribution >= 4 is 23.4 Å². The van der Waals surface area contributed by atoms with Gasteiger partial charge in [0.15, 0.2) is 11.5 Å². The van der Waals surface area contributed by atoms with Gasteiger partial charge in [0.25, 0.3) is 0 Å². The second-order valence-corrected chi connectivity index (χ2v) is 11.2. The van der Waals surface area contributed by atoms with E-state index in [-0.39, 0.29) is 5.91 Å². The van der Waals surface area contributed by atoms with Crippen LogP contribution in [0.15, 0.2) is 59.5 Å². The van der Waals surface area contributed by atoms with Crippen molar-refractivity contribution in [1.82, 2.24) is 4.90 Å². The first kappa shape index (κ1) is 29.6. The van der Waals surface area contributed by atoms with Gasteiger partial charge < -0.3 is 28.7 Å². The first-order valence-electron chi connectivity index (χ1n) is 13.6. The van der Waals surface area contributed by atoms with E-state index in [0.717, 1.165) is 65.7 Å². The summed E-state index contributed by atoms with van der Waals surface area (Å²) in [7, 11) is 8.94. The third-order valence-corrected chi connectivity index (χ3v) is 8.47. The van der Waals surface area contributed by atoms with Crippen molar-refractivity contribution in [1.29, 1.82) is 0 Å². The number of anilines is 1. The molecule has 1 atom stereocenters. The molecule has 1 heterocycles. The smallest absolute Gasteiger partial charge is 0.244 e. The fourth-order valence-corrected chi connectivity index (χ4v) is 6.19. The molecule has 1 amide bonds. The molecule has 0 N–H and O–H groups in total. The number of methoxy groups -OCH3 is 3. The molecule has 0 radical (unpaired) electrons. The van der Waals surface area contributed by atoms with Crippen molar-refractivity contribution in [2.24, 2.45) is 0 Å². The summed E-state index contributed by atoms with van der Waals surface area (Å²) in [6.07, 6.45) is 2.87. The number of hydrogen-bond acceptors (Lipinski definition) is 7. The minimum atomic E-state index is -0.396. The number of nitrogens with zero attached hydrogens (tertiary/aromatic N) is 2. The lowest BCUT2D eigenvalue weighted by Gasteiger charge is -2.32. The van der Waals surface area contributed by atoms with Crippen molar-refractivity contribution in [3.8, 4) is 23.0 Å². The Morgan fingerprint density at radius 1 is 0.875 bits per heavy atom. The van der Waals surface area contributed by atoms with Gasteiger partial charge in [-0.1, -0.05) is 12.1 Å². The minimum Gasteiger partial charge on any atom is -0.497 e. The fraction of sp³-hybridized carbons (Fsp3) is 0.406. The molecular weight excluding hydrogens is 524 g/mol. The summed E-state index contributed by atoms with van der Waals surface area (Å²) >= 11 is 1.58. The molecule has 0 fully saturated rings. The van der Waals surface area contributed by atoms with Gasteiger partial charge in [0, 0.05) is 24.1 Å². The first-order valence-corrected chi connectivity index (χ1v) is 14.5. The van der Waals surface area contributed by atoms with Crippen LogP contribution in [0.4, 0.5) is 5.69 Å². The number of aryl methyl sites for hydroxylation is 1. The number of hydrogen-bond donors (Lipinski definition) is 0. The van der Waals surface area contributed by atoms with Crippen LogP contribution in [-0.4, -0.2) is 65.9 Å². The number of amides is 1. The van der Waals surface area contributed by atoms with Crippen LogP contribution < -0.4 is 23.8 Å². The Kier molecular flexibility index (Phi) is 10.2. The van der Waals surface area contributed by atoms with Gasteiger partial charge >= 0.3 is 0 Å². The highest BCUT2D eigenvalue weighted by molar-refractivity contribution is 8.00. The fourth-order valence-electron chi connectivity index (χ4n) is 4.78. The largest absolute Gasteiger partial charge is 0.497 e. The number of likely N-dealkylation sites (N-methyl/N-ethyl adjacent to an activating group) is 2. The van der Waals surface area contributed by atoms with Crippen molar-refractivity contribution in [3.63, 3.8) is 0 Å². The lowest BCUT2D eigenvalue weighted by atomic mass is 10.1. The molecule has 7 nitrogen and oxygen atoms in total. The molecule has 0 aliphatic carbocycles. The number of benzene rings is 3. The van der Waals surface area contributed by atoms with Crippen LogP contribution in [0.3, 0.4) is 0 Å². The maximum absolute atomic E-state index is 13.4. The summed E-state index contributed by atoms with van der Waals surface area (Å²) < 4.78 is 22.5. The predicted molar refractivity (Wildman–Crippen MR) is 162 cm³/mol. The molecular formula is C32H40N2O5S. The van der Waals surface area contributed by atoms with Gasteiger partial charge in [-0.2, -0.15) is 0 Å². The second kappa shape index (κ2) is 13.8. The van der Waals surface area contributed by atoms with Gasteiger partial charge in [0.1, 0.15) is 16.7 Å². The molecule has 8 heteroatoms. The van der Waals surface area contributed by atoms with Crippen LogP contribution in [0.1, 0.15) is 34.8 Å². The average Bonchev–Trinajstić information content (AvgIpc) is 2.97. The first-order chi connectivity index (χ1) is 19.3. The van der Waals surface area contributed by atoms with Gasteiger partial charge in [-0.3, -0.25) is 4.79 Å². The van der Waals surface area contributed by atoms with Gasteiger partial charge in [-0.15, -0.1) is 11.8 Å². The molecule has 3 aromatic carbocycles. The van der Waals surface area contributed by atoms with E-state index >= 15 is 0 Å². The monoisotopic (exact) mass is 564 g/mol. The predicted octanol–water partition coefficient (Wildman–Crippen LogP) is 6.16. The van der Waals surface area contributed by atoms with Crippen molar-refractivity contribution in [2.75, 3.05) is 60.0 Å². The van der Waals surface area contributed by atoms with Gasteiger partial charge in [0.05, 0.1) is 33.6 Å². The quantitative estimate of drug-likeness (QED) is 0.230. The molecule has 0 aromatic heterocycles. The highest BCUT2D eigenvalue weighted by Gasteiger charge is 2.34. The van der Waals surface area contributed by atoms with Crippen molar-refractivity contribution in [3.05, 3.63) is 71.3 Å². The summed E-state index contributed by atoms with van der Waals surface area (Å²) in [5.41, 5.74) is 4.18. The Morgan fingerprint density at radius 3 is 2.40 bits per heavy atom. The van der Waals surface area contributed by atoms with Crippen LogP contribution in [0, 0.1) is 6.92 Å². The number of carbonyl (C=O) groups excluding carboxylic acids is 1. The molecule has 40 heavy (non-hydrogen) atoms. The summed E-state index contributed by atoms with van der Waals surface area (Å²) in [6.45, 7) is 4.58. The highest BCUT2D eigenvalue weighted by Crippen LogP contribution is 2.49. The van der Waals surface area contributed by atoms with Crippen LogP contribution in [0.25, 0.3) is 0 Å². The molecule has 0 spiro atoms. The standard InChI is InChI=1S/C32H40N2O5S/c1-22-9-12-26-30(19-22)40-31(32(35)34(26)3)25-21-24(36-4)11-14-27(25)39-18-8-7-16-33(2)17-15-23-10-13-28(37-5)29(20-23)38-6/h9-14,19-21,31H,7-8,15-18H2,1-6H3. The molecule has 214 valence electrons. The SMILES string of the molecule is COc1ccc(OCCCCN(C)CCc2ccc(OC)c(OC)c2)c(C2Sc3cc(C)ccc3N(C)C2=O)c1. The zero-order chi connectivity index (χ0) is 28.6. The number of ether oxygens (including phenoxy) is 4. The number of fused-ring (bicyclic) bond motifs is 1. The number of thioether (sulfide) groups is 1. The molecule has 4 rings (SSSR count). The van der Waals surface area contributed by atoms with Crippen molar-refractivity contribution in [2.45, 2.75) is 36.3 Å². The topological polar surface area (TPSA) is 60.5 Å². The second-order valence-electron chi connectivity index (χ2n) is 10.1. The van der Waals surface area contributed by atoms with Gasteiger partial charge in [-0.25, -0.2) is 0 Å². The van der Waals surface area contributed by atoms with E-state index in [1.54, 1.807) is 38.0 Å².